The van der Waals surface area contributed by atoms with Crippen LogP contribution in [0.1, 0.15) is 36.7 Å². The number of hydrogen-bond acceptors (Lipinski definition) is 9. The minimum absolute atomic E-state index is 0.175. The Morgan fingerprint density at radius 1 is 1.17 bits per heavy atom. The number of carbonyl (C=O) groups is 1. The van der Waals surface area contributed by atoms with Crippen LogP contribution in [0, 0.1) is 6.92 Å². The van der Waals surface area contributed by atoms with Gasteiger partial charge in [0.15, 0.2) is 11.5 Å². The third-order valence-corrected chi connectivity index (χ3v) is 9.83. The number of morpholine rings is 1. The zero-order valence-electron chi connectivity index (χ0n) is 24.6. The molecule has 1 amide bonds. The molecule has 3 aliphatic heterocycles. The molecule has 2 unspecified atom stereocenters. The van der Waals surface area contributed by atoms with E-state index in [4.69, 9.17) is 19.8 Å². The summed E-state index contributed by atoms with van der Waals surface area (Å²) in [7, 11) is -1.26. The number of piperidine rings is 1. The Kier molecular flexibility index (Phi) is 7.77. The van der Waals surface area contributed by atoms with E-state index in [9.17, 15) is 13.2 Å². The number of aromatic nitrogens is 3. The maximum absolute atomic E-state index is 12.4. The fraction of sp³-hybridized carbons (Fsp3) is 0.517. The molecule has 3 saturated heterocycles. The lowest BCUT2D eigenvalue weighted by atomic mass is 9.89. The molecule has 3 aliphatic rings. The van der Waals surface area contributed by atoms with Gasteiger partial charge in [-0.05, 0) is 25.3 Å². The zero-order chi connectivity index (χ0) is 29.6. The number of imidazole rings is 1. The molecule has 12 nitrogen and oxygen atoms in total. The minimum Gasteiger partial charge on any atom is -0.378 e. The summed E-state index contributed by atoms with van der Waals surface area (Å²) >= 11 is 0. The van der Waals surface area contributed by atoms with E-state index in [1.165, 1.54) is 11.3 Å². The van der Waals surface area contributed by atoms with E-state index < -0.39 is 10.0 Å². The van der Waals surface area contributed by atoms with Gasteiger partial charge in [0.05, 0.1) is 37.4 Å². The van der Waals surface area contributed by atoms with Gasteiger partial charge in [-0.3, -0.25) is 9.69 Å². The number of piperazine rings is 1. The summed E-state index contributed by atoms with van der Waals surface area (Å²) in [4.78, 5) is 27.0. The van der Waals surface area contributed by atoms with Crippen molar-refractivity contribution in [3.63, 3.8) is 0 Å². The quantitative estimate of drug-likeness (QED) is 0.210. The Bertz CT molecular complexity index is 1620. The summed E-state index contributed by atoms with van der Waals surface area (Å²) in [6, 6.07) is 10.3. The molecule has 42 heavy (non-hydrogen) atoms. The lowest BCUT2D eigenvalue weighted by molar-refractivity contribution is -0.107. The van der Waals surface area contributed by atoms with Gasteiger partial charge in [0.2, 0.25) is 16.4 Å². The van der Waals surface area contributed by atoms with Crippen molar-refractivity contribution in [2.75, 3.05) is 55.6 Å². The number of aryl methyl sites for hydroxylation is 2. The number of pyridine rings is 1. The van der Waals surface area contributed by atoms with Gasteiger partial charge in [0.25, 0.3) is 0 Å². The number of hydrazone groups is 1. The molecule has 3 fully saturated rings. The molecule has 0 radical (unpaired) electrons. The third kappa shape index (κ3) is 5.41. The van der Waals surface area contributed by atoms with Crippen molar-refractivity contribution in [3.8, 4) is 0 Å². The van der Waals surface area contributed by atoms with Crippen LogP contribution in [0.25, 0.3) is 11.2 Å². The Morgan fingerprint density at radius 2 is 1.90 bits per heavy atom. The van der Waals surface area contributed by atoms with Crippen molar-refractivity contribution in [3.05, 3.63) is 47.3 Å². The highest BCUT2D eigenvalue weighted by molar-refractivity contribution is 7.88. The number of likely N-dealkylation sites (tertiary alicyclic amines) is 1. The fourth-order valence-electron chi connectivity index (χ4n) is 6.23. The van der Waals surface area contributed by atoms with Crippen LogP contribution in [0.2, 0.25) is 0 Å². The molecular weight excluding hydrogens is 556 g/mol. The first-order valence-electron chi connectivity index (χ1n) is 14.4. The molecule has 0 N–H and O–H groups in total. The highest BCUT2D eigenvalue weighted by Crippen LogP contribution is 2.36. The van der Waals surface area contributed by atoms with Gasteiger partial charge >= 0.3 is 0 Å². The Balaban J connectivity index is 1.37. The number of sulfonamides is 1. The van der Waals surface area contributed by atoms with Crippen LogP contribution in [0.4, 0.5) is 11.5 Å². The summed E-state index contributed by atoms with van der Waals surface area (Å²) in [6.07, 6.45) is 3.62. The second-order valence-electron chi connectivity index (χ2n) is 11.4. The predicted octanol–water partition coefficient (Wildman–Crippen LogP) is 2.11. The van der Waals surface area contributed by atoms with E-state index in [0.717, 1.165) is 40.3 Å². The molecule has 0 aliphatic carbocycles. The first-order chi connectivity index (χ1) is 20.2. The van der Waals surface area contributed by atoms with Gasteiger partial charge in [-0.25, -0.2) is 18.4 Å². The number of benzene rings is 1. The first kappa shape index (κ1) is 28.7. The van der Waals surface area contributed by atoms with E-state index in [2.05, 4.69) is 15.9 Å². The van der Waals surface area contributed by atoms with Crippen LogP contribution in [-0.4, -0.2) is 102 Å². The van der Waals surface area contributed by atoms with Crippen molar-refractivity contribution in [1.29, 1.82) is 0 Å². The van der Waals surface area contributed by atoms with Gasteiger partial charge in [-0.2, -0.15) is 14.4 Å². The Labute approximate surface area is 246 Å². The topological polar surface area (TPSA) is 116 Å². The van der Waals surface area contributed by atoms with Crippen LogP contribution in [0.3, 0.4) is 0 Å². The average molecular weight is 595 g/mol. The first-order valence-corrected chi connectivity index (χ1v) is 16.3. The number of amides is 1. The number of anilines is 2. The smallest absolute Gasteiger partial charge is 0.236 e. The molecule has 2 aromatic heterocycles. The Morgan fingerprint density at radius 3 is 2.55 bits per heavy atom. The van der Waals surface area contributed by atoms with E-state index in [0.29, 0.717) is 70.2 Å². The monoisotopic (exact) mass is 594 g/mol. The van der Waals surface area contributed by atoms with Crippen LogP contribution < -0.4 is 9.91 Å². The number of ether oxygens (including phenoxy) is 1. The van der Waals surface area contributed by atoms with Crippen LogP contribution in [0.15, 0.2) is 35.4 Å². The summed E-state index contributed by atoms with van der Waals surface area (Å²) in [5.41, 5.74) is 5.21. The second kappa shape index (κ2) is 11.4. The second-order valence-corrected chi connectivity index (χ2v) is 13.4. The summed E-state index contributed by atoms with van der Waals surface area (Å²) in [5, 5.41) is 6.06. The van der Waals surface area contributed by atoms with Crippen molar-refractivity contribution in [2.24, 2.45) is 12.1 Å². The molecule has 0 spiro atoms. The predicted molar refractivity (Wildman–Crippen MR) is 162 cm³/mol. The molecule has 1 aromatic carbocycles. The molecule has 224 valence electrons. The number of carbonyl (C=O) groups excluding carboxylic acids is 1. The average Bonchev–Trinajstić information content (AvgIpc) is 3.31. The van der Waals surface area contributed by atoms with Crippen molar-refractivity contribution >= 4 is 44.8 Å². The van der Waals surface area contributed by atoms with Gasteiger partial charge in [0.1, 0.15) is 11.3 Å². The number of nitrogens with zero attached hydrogens (tertiary/aromatic N) is 8. The molecule has 3 aromatic rings. The lowest BCUT2D eigenvalue weighted by Crippen LogP contribution is -2.68. The minimum atomic E-state index is -3.20. The summed E-state index contributed by atoms with van der Waals surface area (Å²) in [5.74, 6) is 1.28. The van der Waals surface area contributed by atoms with E-state index in [-0.39, 0.29) is 12.1 Å². The molecular formula is C29H38N8O4S. The Hall–Kier alpha value is -3.39. The molecule has 2 atom stereocenters. The fourth-order valence-corrected chi connectivity index (χ4v) is 7.11. The highest BCUT2D eigenvalue weighted by atomic mass is 32.2. The molecule has 5 heterocycles. The van der Waals surface area contributed by atoms with E-state index in [1.807, 2.05) is 49.7 Å². The molecule has 2 bridgehead atoms. The maximum atomic E-state index is 12.4. The molecule has 13 heteroatoms. The van der Waals surface area contributed by atoms with E-state index >= 15 is 0 Å². The molecule has 0 saturated carbocycles. The standard InChI is InChI=1S/C29H38N8O4S/c1-5-24(21-8-6-7-20(2)13-21)32-37(19-38)26-15-25(34-9-11-41-12-10-34)28-29(31-26)33(3)27(30-28)18-36-22-14-23(36)17-35(16-22)42(4,39)40/h6-8,13,15,19,22-23H,5,9-12,14,16-18H2,1-4H3/b32-24+. The normalized spacial score (nSPS) is 21.9. The summed E-state index contributed by atoms with van der Waals surface area (Å²) < 4.78 is 33.4. The number of hydrogen-bond donors (Lipinski definition) is 0. The largest absolute Gasteiger partial charge is 0.378 e. The van der Waals surface area contributed by atoms with Gasteiger partial charge in [-0.1, -0.05) is 36.8 Å². The third-order valence-electron chi connectivity index (χ3n) is 8.59. The van der Waals surface area contributed by atoms with Gasteiger partial charge < -0.3 is 14.2 Å². The van der Waals surface area contributed by atoms with Crippen LogP contribution >= 0.6 is 0 Å². The number of rotatable bonds is 9. The maximum Gasteiger partial charge on any atom is 0.236 e. The van der Waals surface area contributed by atoms with E-state index in [1.54, 1.807) is 4.31 Å². The van der Waals surface area contributed by atoms with Crippen molar-refractivity contribution in [2.45, 2.75) is 45.3 Å². The van der Waals surface area contributed by atoms with Gasteiger partial charge in [-0.15, -0.1) is 0 Å². The zero-order valence-corrected chi connectivity index (χ0v) is 25.4. The highest BCUT2D eigenvalue weighted by Gasteiger charge is 2.47. The lowest BCUT2D eigenvalue weighted by Gasteiger charge is -2.55. The van der Waals surface area contributed by atoms with Crippen molar-refractivity contribution < 1.29 is 17.9 Å². The van der Waals surface area contributed by atoms with Crippen molar-refractivity contribution in [1.82, 2.24) is 23.7 Å². The van der Waals surface area contributed by atoms with Crippen LogP contribution in [-0.2, 0) is 33.1 Å². The SMILES string of the molecule is CC/C(=N\N(C=O)c1cc(N2CCOCC2)c2nc(CN3C4CC3CN(S(C)(=O)=O)C4)n(C)c2n1)c1cccc(C)c1. The summed E-state index contributed by atoms with van der Waals surface area (Å²) in [6.45, 7) is 8.29. The van der Waals surface area contributed by atoms with Crippen LogP contribution in [0.5, 0.6) is 0 Å². The van der Waals surface area contributed by atoms with Gasteiger partial charge in [0, 0.05) is 51.4 Å². The number of fused-ring (bicyclic) bond motifs is 3. The molecule has 6 rings (SSSR count).